The van der Waals surface area contributed by atoms with Crippen LogP contribution >= 0.6 is 11.3 Å². The number of aliphatic hydroxyl groups excluding tert-OH is 1. The van der Waals surface area contributed by atoms with Gasteiger partial charge in [0, 0.05) is 16.6 Å². The summed E-state index contributed by atoms with van der Waals surface area (Å²) in [4.78, 5) is 5.21. The molecule has 3 rings (SSSR count). The molecular formula is C16H15NO3S2. The molecule has 0 spiro atoms. The molecule has 114 valence electrons. The lowest BCUT2D eigenvalue weighted by Gasteiger charge is -2.02. The molecule has 0 saturated carbocycles. The van der Waals surface area contributed by atoms with Gasteiger partial charge in [-0.3, -0.25) is 4.21 Å². The molecule has 6 heteroatoms. The maximum Gasteiger partial charge on any atom is 0.207 e. The van der Waals surface area contributed by atoms with Crippen LogP contribution in [-0.2, 0) is 28.9 Å². The quantitative estimate of drug-likeness (QED) is 0.751. The van der Waals surface area contributed by atoms with Crippen molar-refractivity contribution in [3.05, 3.63) is 65.0 Å². The van der Waals surface area contributed by atoms with E-state index in [-0.39, 0.29) is 6.61 Å². The van der Waals surface area contributed by atoms with E-state index in [1.165, 1.54) is 0 Å². The minimum atomic E-state index is -1.08. The van der Waals surface area contributed by atoms with Gasteiger partial charge in [-0.25, -0.2) is 4.98 Å². The van der Waals surface area contributed by atoms with Crippen LogP contribution in [0.1, 0.15) is 17.0 Å². The second-order valence-corrected chi connectivity index (χ2v) is 7.20. The highest BCUT2D eigenvalue weighted by atomic mass is 32.2. The second-order valence-electron chi connectivity index (χ2n) is 4.80. The first-order valence-electron chi connectivity index (χ1n) is 6.77. The topological polar surface area (TPSA) is 63.3 Å². The van der Waals surface area contributed by atoms with Gasteiger partial charge in [0.15, 0.2) is 5.76 Å². The first-order chi connectivity index (χ1) is 10.7. The second kappa shape index (κ2) is 7.00. The van der Waals surface area contributed by atoms with E-state index in [0.29, 0.717) is 23.2 Å². The molecule has 0 aliphatic heterocycles. The van der Waals surface area contributed by atoms with Crippen molar-refractivity contribution in [3.8, 4) is 10.6 Å². The van der Waals surface area contributed by atoms with Gasteiger partial charge in [-0.05, 0) is 22.6 Å². The molecule has 22 heavy (non-hydrogen) atoms. The average molecular weight is 333 g/mol. The molecule has 1 unspecified atom stereocenters. The summed E-state index contributed by atoms with van der Waals surface area (Å²) in [5, 5.41) is 11.0. The molecule has 1 N–H and O–H groups in total. The van der Waals surface area contributed by atoms with Crippen molar-refractivity contribution in [1.29, 1.82) is 0 Å². The largest absolute Gasteiger partial charge is 0.439 e. The van der Waals surface area contributed by atoms with Crippen LogP contribution in [-0.4, -0.2) is 14.3 Å². The van der Waals surface area contributed by atoms with E-state index in [1.54, 1.807) is 17.5 Å². The number of aliphatic hydroxyl groups is 1. The van der Waals surface area contributed by atoms with Gasteiger partial charge in [0.1, 0.15) is 5.75 Å². The molecule has 0 aliphatic rings. The van der Waals surface area contributed by atoms with Gasteiger partial charge >= 0.3 is 0 Å². The van der Waals surface area contributed by atoms with Crippen LogP contribution in [0.3, 0.4) is 0 Å². The van der Waals surface area contributed by atoms with Crippen molar-refractivity contribution < 1.29 is 13.7 Å². The van der Waals surface area contributed by atoms with Gasteiger partial charge in [0.05, 0.1) is 17.7 Å². The van der Waals surface area contributed by atoms with E-state index in [4.69, 9.17) is 9.52 Å². The number of benzene rings is 1. The van der Waals surface area contributed by atoms with Gasteiger partial charge in [-0.1, -0.05) is 30.3 Å². The summed E-state index contributed by atoms with van der Waals surface area (Å²) in [6.45, 7) is 0.0190. The Labute approximate surface area is 134 Å². The summed E-state index contributed by atoms with van der Waals surface area (Å²) in [6, 6.07) is 11.4. The molecule has 1 atom stereocenters. The average Bonchev–Trinajstić information content (AvgIpc) is 3.19. The van der Waals surface area contributed by atoms with Gasteiger partial charge in [0.2, 0.25) is 5.89 Å². The van der Waals surface area contributed by atoms with Crippen LogP contribution in [0.2, 0.25) is 0 Å². The standard InChI is InChI=1S/C16H15NO3S2/c18-9-12-3-5-13(6-4-12)10-22(19)11-16-17-8-14(20-16)15-2-1-7-21-15/h1-8,18H,9-11H2. The number of hydrogen-bond donors (Lipinski definition) is 1. The molecule has 1 aromatic carbocycles. The summed E-state index contributed by atoms with van der Waals surface area (Å²) in [6.07, 6.45) is 1.68. The summed E-state index contributed by atoms with van der Waals surface area (Å²) >= 11 is 1.58. The van der Waals surface area contributed by atoms with Crippen molar-refractivity contribution >= 4 is 22.1 Å². The molecule has 0 bridgehead atoms. The van der Waals surface area contributed by atoms with E-state index in [1.807, 2.05) is 41.8 Å². The third-order valence-corrected chi connectivity index (χ3v) is 5.24. The maximum atomic E-state index is 12.2. The van der Waals surface area contributed by atoms with E-state index in [9.17, 15) is 4.21 Å². The highest BCUT2D eigenvalue weighted by Crippen LogP contribution is 2.25. The van der Waals surface area contributed by atoms with Crippen LogP contribution in [0, 0.1) is 0 Å². The van der Waals surface area contributed by atoms with Crippen LogP contribution in [0.4, 0.5) is 0 Å². The minimum absolute atomic E-state index is 0.0190. The van der Waals surface area contributed by atoms with Crippen molar-refractivity contribution in [2.45, 2.75) is 18.1 Å². The summed E-state index contributed by atoms with van der Waals surface area (Å²) in [5.74, 6) is 1.96. The fourth-order valence-corrected chi connectivity index (χ4v) is 3.77. The van der Waals surface area contributed by atoms with Crippen molar-refractivity contribution in [2.75, 3.05) is 0 Å². The van der Waals surface area contributed by atoms with Gasteiger partial charge in [-0.15, -0.1) is 11.3 Å². The molecule has 3 aromatic rings. The highest BCUT2D eigenvalue weighted by molar-refractivity contribution is 7.83. The molecule has 4 nitrogen and oxygen atoms in total. The molecule has 2 aromatic heterocycles. The van der Waals surface area contributed by atoms with Crippen LogP contribution < -0.4 is 0 Å². The van der Waals surface area contributed by atoms with E-state index in [2.05, 4.69) is 4.98 Å². The zero-order chi connectivity index (χ0) is 15.4. The Kier molecular flexibility index (Phi) is 4.82. The first kappa shape index (κ1) is 15.1. The molecule has 0 aliphatic carbocycles. The molecular weight excluding hydrogens is 318 g/mol. The number of rotatable bonds is 6. The summed E-state index contributed by atoms with van der Waals surface area (Å²) in [7, 11) is -1.08. The van der Waals surface area contributed by atoms with Crippen molar-refractivity contribution in [2.24, 2.45) is 0 Å². The fourth-order valence-electron chi connectivity index (χ4n) is 2.03. The predicted molar refractivity (Wildman–Crippen MR) is 87.7 cm³/mol. The Morgan fingerprint density at radius 3 is 2.59 bits per heavy atom. The molecule has 0 radical (unpaired) electrons. The fraction of sp³-hybridized carbons (Fsp3) is 0.188. The van der Waals surface area contributed by atoms with E-state index < -0.39 is 10.8 Å². The monoisotopic (exact) mass is 333 g/mol. The van der Waals surface area contributed by atoms with Crippen molar-refractivity contribution in [3.63, 3.8) is 0 Å². The van der Waals surface area contributed by atoms with Crippen LogP contribution in [0.25, 0.3) is 10.6 Å². The van der Waals surface area contributed by atoms with Crippen LogP contribution in [0.15, 0.2) is 52.4 Å². The summed E-state index contributed by atoms with van der Waals surface area (Å²) < 4.78 is 17.8. The Morgan fingerprint density at radius 1 is 1.14 bits per heavy atom. The van der Waals surface area contributed by atoms with Gasteiger partial charge in [0.25, 0.3) is 0 Å². The number of thiophene rings is 1. The van der Waals surface area contributed by atoms with Gasteiger partial charge < -0.3 is 9.52 Å². The third-order valence-electron chi connectivity index (χ3n) is 3.14. The number of nitrogens with zero attached hydrogens (tertiary/aromatic N) is 1. The number of oxazole rings is 1. The molecule has 2 heterocycles. The van der Waals surface area contributed by atoms with Crippen molar-refractivity contribution in [1.82, 2.24) is 4.98 Å². The zero-order valence-corrected chi connectivity index (χ0v) is 13.4. The lowest BCUT2D eigenvalue weighted by atomic mass is 10.2. The highest BCUT2D eigenvalue weighted by Gasteiger charge is 2.11. The van der Waals surface area contributed by atoms with Gasteiger partial charge in [-0.2, -0.15) is 0 Å². The molecule has 0 fully saturated rings. The smallest absolute Gasteiger partial charge is 0.207 e. The molecule has 0 saturated heterocycles. The lowest BCUT2D eigenvalue weighted by Crippen LogP contribution is -2.00. The lowest BCUT2D eigenvalue weighted by molar-refractivity contribution is 0.282. The zero-order valence-electron chi connectivity index (χ0n) is 11.8. The Bertz CT molecular complexity index is 748. The first-order valence-corrected chi connectivity index (χ1v) is 9.13. The SMILES string of the molecule is O=S(Cc1ccc(CO)cc1)Cc1ncc(-c2cccs2)o1. The minimum Gasteiger partial charge on any atom is -0.439 e. The predicted octanol–water partition coefficient (Wildman–Crippen LogP) is 3.34. The van der Waals surface area contributed by atoms with E-state index >= 15 is 0 Å². The number of hydrogen-bond acceptors (Lipinski definition) is 5. The Hall–Kier alpha value is -1.76. The number of aromatic nitrogens is 1. The van der Waals surface area contributed by atoms with E-state index in [0.717, 1.165) is 16.0 Å². The van der Waals surface area contributed by atoms with Crippen LogP contribution in [0.5, 0.6) is 0 Å². The Morgan fingerprint density at radius 2 is 1.91 bits per heavy atom. The normalized spacial score (nSPS) is 12.4. The third kappa shape index (κ3) is 3.71. The Balaban J connectivity index is 1.61. The molecule has 0 amide bonds. The maximum absolute atomic E-state index is 12.2. The summed E-state index contributed by atoms with van der Waals surface area (Å²) in [5.41, 5.74) is 1.82.